The Kier molecular flexibility index (Phi) is 6.52. The molecule has 0 bridgehead atoms. The summed E-state index contributed by atoms with van der Waals surface area (Å²) >= 11 is 0. The molecule has 0 aromatic rings. The first kappa shape index (κ1) is 15.3. The van der Waals surface area contributed by atoms with Gasteiger partial charge in [0.15, 0.2) is 0 Å². The quantitative estimate of drug-likeness (QED) is 0.445. The normalized spacial score (nSPS) is 24.3. The molecule has 0 amide bonds. The lowest BCUT2D eigenvalue weighted by atomic mass is 10.1. The largest absolute Gasteiger partial charge is 0.374 e. The summed E-state index contributed by atoms with van der Waals surface area (Å²) in [6.07, 6.45) is 12.8. The van der Waals surface area contributed by atoms with E-state index in [9.17, 15) is 0 Å². The molecule has 0 aromatic carbocycles. The molecule has 2 atom stereocenters. The third kappa shape index (κ3) is 4.88. The van der Waals surface area contributed by atoms with Crippen molar-refractivity contribution in [3.8, 4) is 0 Å². The first-order valence-electron chi connectivity index (χ1n) is 7.62. The fourth-order valence-corrected chi connectivity index (χ4v) is 2.71. The van der Waals surface area contributed by atoms with Gasteiger partial charge in [0.25, 0.3) is 0 Å². The zero-order valence-electron chi connectivity index (χ0n) is 13.0. The highest BCUT2D eigenvalue weighted by Crippen LogP contribution is 2.28. The lowest BCUT2D eigenvalue weighted by Crippen LogP contribution is -2.24. The van der Waals surface area contributed by atoms with Crippen LogP contribution in [0.15, 0.2) is 23.4 Å². The van der Waals surface area contributed by atoms with Gasteiger partial charge < -0.3 is 4.90 Å². The summed E-state index contributed by atoms with van der Waals surface area (Å²) in [5.74, 6) is 0.760. The maximum Gasteiger partial charge on any atom is 0.0472 e. The molecule has 2 unspecified atom stereocenters. The molecular formula is C17H31N. The number of nitrogens with zero attached hydrogens (tertiary/aromatic N) is 1. The third-order valence-electron chi connectivity index (χ3n) is 4.20. The van der Waals surface area contributed by atoms with Crippen LogP contribution in [0, 0.1) is 5.92 Å². The lowest BCUT2D eigenvalue weighted by molar-refractivity contribution is 0.357. The maximum absolute atomic E-state index is 2.44. The van der Waals surface area contributed by atoms with Gasteiger partial charge in [0.1, 0.15) is 0 Å². The van der Waals surface area contributed by atoms with Crippen molar-refractivity contribution in [3.63, 3.8) is 0 Å². The summed E-state index contributed by atoms with van der Waals surface area (Å²) in [4.78, 5) is 2.40. The third-order valence-corrected chi connectivity index (χ3v) is 4.20. The molecule has 0 N–H and O–H groups in total. The Morgan fingerprint density at radius 2 is 2.11 bits per heavy atom. The zero-order valence-corrected chi connectivity index (χ0v) is 13.0. The molecule has 0 radical (unpaired) electrons. The standard InChI is InChI=1S/C17H31N/c1-6-7-8-9-10-14(2)13-18(5)17-11-15(3)16(4)12-17/h11,13,16-17H,6-10,12H2,1-5H3/b14-13+. The first-order chi connectivity index (χ1) is 8.54. The molecule has 0 fully saturated rings. The Morgan fingerprint density at radius 1 is 1.39 bits per heavy atom. The van der Waals surface area contributed by atoms with Crippen LogP contribution in [0.5, 0.6) is 0 Å². The molecule has 0 spiro atoms. The van der Waals surface area contributed by atoms with Crippen LogP contribution < -0.4 is 0 Å². The zero-order chi connectivity index (χ0) is 13.5. The van der Waals surface area contributed by atoms with Gasteiger partial charge in [-0.3, -0.25) is 0 Å². The van der Waals surface area contributed by atoms with E-state index >= 15 is 0 Å². The second-order valence-electron chi connectivity index (χ2n) is 6.07. The highest BCUT2D eigenvalue weighted by molar-refractivity contribution is 5.16. The van der Waals surface area contributed by atoms with Crippen LogP contribution in [0.1, 0.15) is 66.2 Å². The summed E-state index contributed by atoms with van der Waals surface area (Å²) in [6.45, 7) is 9.14. The molecule has 0 aliphatic heterocycles. The minimum absolute atomic E-state index is 0.616. The van der Waals surface area contributed by atoms with E-state index in [2.05, 4.69) is 51.9 Å². The van der Waals surface area contributed by atoms with E-state index in [1.165, 1.54) is 44.1 Å². The van der Waals surface area contributed by atoms with Crippen molar-refractivity contribution in [3.05, 3.63) is 23.4 Å². The minimum atomic E-state index is 0.616. The average Bonchev–Trinajstić information content (AvgIpc) is 2.65. The number of hydrogen-bond acceptors (Lipinski definition) is 1. The van der Waals surface area contributed by atoms with Gasteiger partial charge in [0, 0.05) is 13.1 Å². The number of allylic oxidation sites excluding steroid dienone is 2. The Balaban J connectivity index is 2.36. The monoisotopic (exact) mass is 249 g/mol. The summed E-state index contributed by atoms with van der Waals surface area (Å²) in [5, 5.41) is 0. The van der Waals surface area contributed by atoms with Gasteiger partial charge in [-0.25, -0.2) is 0 Å². The highest BCUT2D eigenvalue weighted by Gasteiger charge is 2.21. The first-order valence-corrected chi connectivity index (χ1v) is 7.62. The predicted octanol–water partition coefficient (Wildman–Crippen LogP) is 5.15. The Labute approximate surface area is 114 Å². The van der Waals surface area contributed by atoms with Crippen molar-refractivity contribution in [1.82, 2.24) is 4.90 Å². The van der Waals surface area contributed by atoms with Crippen molar-refractivity contribution in [2.24, 2.45) is 5.92 Å². The SMILES string of the molecule is CCCCCC/C(C)=C/N(C)C1C=C(C)C(C)C1. The molecule has 1 aliphatic rings. The van der Waals surface area contributed by atoms with E-state index in [-0.39, 0.29) is 0 Å². The second-order valence-corrected chi connectivity index (χ2v) is 6.07. The average molecular weight is 249 g/mol. The summed E-state index contributed by atoms with van der Waals surface area (Å²) in [6, 6.07) is 0.616. The fourth-order valence-electron chi connectivity index (χ4n) is 2.71. The van der Waals surface area contributed by atoms with E-state index in [0.29, 0.717) is 6.04 Å². The number of likely N-dealkylation sites (N-methyl/N-ethyl adjacent to an activating group) is 1. The van der Waals surface area contributed by atoms with Gasteiger partial charge in [-0.15, -0.1) is 0 Å². The Hall–Kier alpha value is -0.720. The van der Waals surface area contributed by atoms with Gasteiger partial charge >= 0.3 is 0 Å². The Bertz CT molecular complexity index is 301. The van der Waals surface area contributed by atoms with Crippen LogP contribution in [0.3, 0.4) is 0 Å². The molecule has 1 rings (SSSR count). The van der Waals surface area contributed by atoms with E-state index in [0.717, 1.165) is 5.92 Å². The van der Waals surface area contributed by atoms with Crippen LogP contribution in [-0.2, 0) is 0 Å². The van der Waals surface area contributed by atoms with Crippen molar-refractivity contribution in [1.29, 1.82) is 0 Å². The van der Waals surface area contributed by atoms with Crippen LogP contribution in [0.4, 0.5) is 0 Å². The maximum atomic E-state index is 2.44. The van der Waals surface area contributed by atoms with E-state index in [4.69, 9.17) is 0 Å². The molecule has 0 aromatic heterocycles. The van der Waals surface area contributed by atoms with Crippen molar-refractivity contribution in [2.75, 3.05) is 7.05 Å². The molecule has 1 nitrogen and oxygen atoms in total. The molecule has 0 saturated heterocycles. The fraction of sp³-hybridized carbons (Fsp3) is 0.765. The van der Waals surface area contributed by atoms with Crippen LogP contribution >= 0.6 is 0 Å². The van der Waals surface area contributed by atoms with Gasteiger partial charge in [-0.1, -0.05) is 50.3 Å². The van der Waals surface area contributed by atoms with Gasteiger partial charge in [0.2, 0.25) is 0 Å². The number of hydrogen-bond donors (Lipinski definition) is 0. The summed E-state index contributed by atoms with van der Waals surface area (Å²) < 4.78 is 0. The van der Waals surface area contributed by atoms with Crippen molar-refractivity contribution in [2.45, 2.75) is 72.3 Å². The molecule has 18 heavy (non-hydrogen) atoms. The van der Waals surface area contributed by atoms with E-state index in [1.807, 2.05) is 0 Å². The molecule has 1 aliphatic carbocycles. The van der Waals surface area contributed by atoms with Crippen molar-refractivity contribution < 1.29 is 0 Å². The topological polar surface area (TPSA) is 3.24 Å². The molecule has 0 saturated carbocycles. The molecular weight excluding hydrogens is 218 g/mol. The molecule has 104 valence electrons. The molecule has 1 heteroatoms. The minimum Gasteiger partial charge on any atom is -0.374 e. The smallest absolute Gasteiger partial charge is 0.0472 e. The number of unbranched alkanes of at least 4 members (excludes halogenated alkanes) is 3. The highest BCUT2D eigenvalue weighted by atomic mass is 15.1. The van der Waals surface area contributed by atoms with Gasteiger partial charge in [0.05, 0.1) is 0 Å². The second kappa shape index (κ2) is 7.66. The van der Waals surface area contributed by atoms with Crippen LogP contribution in [-0.4, -0.2) is 18.0 Å². The molecule has 0 heterocycles. The summed E-state index contributed by atoms with van der Waals surface area (Å²) in [7, 11) is 2.22. The van der Waals surface area contributed by atoms with E-state index in [1.54, 1.807) is 5.57 Å². The van der Waals surface area contributed by atoms with Gasteiger partial charge in [-0.05, 0) is 45.2 Å². The Morgan fingerprint density at radius 3 is 2.67 bits per heavy atom. The van der Waals surface area contributed by atoms with Gasteiger partial charge in [-0.2, -0.15) is 0 Å². The lowest BCUT2D eigenvalue weighted by Gasteiger charge is -2.23. The predicted molar refractivity (Wildman–Crippen MR) is 81.6 cm³/mol. The van der Waals surface area contributed by atoms with Crippen molar-refractivity contribution >= 4 is 0 Å². The summed E-state index contributed by atoms with van der Waals surface area (Å²) in [5.41, 5.74) is 3.08. The van der Waals surface area contributed by atoms with Crippen LogP contribution in [0.25, 0.3) is 0 Å². The number of rotatable bonds is 7. The van der Waals surface area contributed by atoms with Crippen LogP contribution in [0.2, 0.25) is 0 Å². The van der Waals surface area contributed by atoms with E-state index < -0.39 is 0 Å².